The van der Waals surface area contributed by atoms with Gasteiger partial charge in [0.25, 0.3) is 0 Å². The van der Waals surface area contributed by atoms with Crippen molar-refractivity contribution in [2.75, 3.05) is 7.11 Å². The van der Waals surface area contributed by atoms with Crippen LogP contribution in [0, 0.1) is 0 Å². The summed E-state index contributed by atoms with van der Waals surface area (Å²) in [4.78, 5) is 12.6. The van der Waals surface area contributed by atoms with Crippen LogP contribution < -0.4 is 13.7 Å². The Bertz CT molecular complexity index is 1100. The second kappa shape index (κ2) is 7.43. The summed E-state index contributed by atoms with van der Waals surface area (Å²) in [5, 5.41) is 1.11. The SMILES string of the molecule is COc1ccc2c([Se]c3ccccc3)c(-c3ccccc3)n(C(C)=O)c2c1. The Morgan fingerprint density at radius 1 is 0.926 bits per heavy atom. The molecule has 3 nitrogen and oxygen atoms in total. The number of rotatable bonds is 4. The van der Waals surface area contributed by atoms with Crippen molar-refractivity contribution in [3.63, 3.8) is 0 Å². The second-order valence-corrected chi connectivity index (χ2v) is 8.47. The Hall–Kier alpha value is -2.81. The number of carbonyl (C=O) groups is 1. The van der Waals surface area contributed by atoms with Gasteiger partial charge in [0.1, 0.15) is 0 Å². The average molecular weight is 420 g/mol. The first-order valence-electron chi connectivity index (χ1n) is 8.70. The van der Waals surface area contributed by atoms with Gasteiger partial charge in [-0.1, -0.05) is 0 Å². The summed E-state index contributed by atoms with van der Waals surface area (Å²) in [6.45, 7) is 1.62. The summed E-state index contributed by atoms with van der Waals surface area (Å²) >= 11 is 0.0694. The van der Waals surface area contributed by atoms with Crippen LogP contribution in [-0.4, -0.2) is 32.5 Å². The third kappa shape index (κ3) is 3.30. The summed E-state index contributed by atoms with van der Waals surface area (Å²) in [5.41, 5.74) is 2.93. The molecule has 0 saturated heterocycles. The van der Waals surface area contributed by atoms with Crippen LogP contribution in [0.2, 0.25) is 0 Å². The molecule has 0 N–H and O–H groups in total. The maximum atomic E-state index is 12.6. The van der Waals surface area contributed by atoms with E-state index in [1.807, 2.05) is 41.0 Å². The number of hydrogen-bond acceptors (Lipinski definition) is 2. The number of methoxy groups -OCH3 is 1. The van der Waals surface area contributed by atoms with E-state index in [0.29, 0.717) is 0 Å². The number of carbonyl (C=O) groups excluding carboxylic acids is 1. The van der Waals surface area contributed by atoms with Crippen molar-refractivity contribution in [3.8, 4) is 17.0 Å². The van der Waals surface area contributed by atoms with E-state index in [4.69, 9.17) is 4.74 Å². The Labute approximate surface area is 164 Å². The van der Waals surface area contributed by atoms with E-state index in [9.17, 15) is 4.79 Å². The third-order valence-electron chi connectivity index (χ3n) is 4.45. The second-order valence-electron chi connectivity index (χ2n) is 6.20. The molecule has 3 aromatic carbocycles. The summed E-state index contributed by atoms with van der Waals surface area (Å²) in [7, 11) is 1.65. The minimum atomic E-state index is 0.00205. The fourth-order valence-electron chi connectivity index (χ4n) is 3.26. The van der Waals surface area contributed by atoms with Crippen molar-refractivity contribution >= 4 is 40.7 Å². The Morgan fingerprint density at radius 3 is 2.22 bits per heavy atom. The average Bonchev–Trinajstić information content (AvgIpc) is 3.03. The Morgan fingerprint density at radius 2 is 1.59 bits per heavy atom. The van der Waals surface area contributed by atoms with E-state index in [1.165, 1.54) is 8.92 Å². The molecule has 0 unspecified atom stereocenters. The number of aromatic nitrogens is 1. The molecule has 0 saturated carbocycles. The van der Waals surface area contributed by atoms with E-state index in [0.717, 1.165) is 27.9 Å². The molecule has 0 bridgehead atoms. The molecule has 4 aromatic rings. The molecule has 4 heteroatoms. The van der Waals surface area contributed by atoms with Crippen LogP contribution >= 0.6 is 0 Å². The first-order valence-corrected chi connectivity index (χ1v) is 10.4. The molecule has 1 heterocycles. The van der Waals surface area contributed by atoms with Gasteiger partial charge in [0.15, 0.2) is 0 Å². The molecule has 4 rings (SSSR count). The zero-order chi connectivity index (χ0) is 18.8. The van der Waals surface area contributed by atoms with Crippen molar-refractivity contribution in [3.05, 3.63) is 78.9 Å². The summed E-state index contributed by atoms with van der Waals surface area (Å²) < 4.78 is 9.73. The van der Waals surface area contributed by atoms with Crippen molar-refractivity contribution in [2.45, 2.75) is 6.92 Å². The van der Waals surface area contributed by atoms with Gasteiger partial charge in [-0.25, -0.2) is 0 Å². The fourth-order valence-corrected chi connectivity index (χ4v) is 5.60. The molecule has 0 atom stereocenters. The molecule has 0 spiro atoms. The molecule has 1 aromatic heterocycles. The van der Waals surface area contributed by atoms with Gasteiger partial charge in [0, 0.05) is 0 Å². The van der Waals surface area contributed by atoms with Crippen molar-refractivity contribution in [1.82, 2.24) is 4.57 Å². The van der Waals surface area contributed by atoms with Gasteiger partial charge < -0.3 is 0 Å². The summed E-state index contributed by atoms with van der Waals surface area (Å²) in [6.07, 6.45) is 0. The zero-order valence-corrected chi connectivity index (χ0v) is 16.9. The van der Waals surface area contributed by atoms with E-state index < -0.39 is 0 Å². The number of nitrogens with zero attached hydrogens (tertiary/aromatic N) is 1. The first-order chi connectivity index (χ1) is 13.2. The van der Waals surface area contributed by atoms with Gasteiger partial charge in [-0.05, 0) is 0 Å². The quantitative estimate of drug-likeness (QED) is 0.472. The zero-order valence-electron chi connectivity index (χ0n) is 15.2. The standard InChI is InChI=1S/C23H19NO2Se/c1-16(25)24-21-15-18(26-2)13-14-20(21)23(27-19-11-7-4-8-12-19)22(24)17-9-5-3-6-10-17/h3-15H,1-2H3. The van der Waals surface area contributed by atoms with Crippen LogP contribution in [0.1, 0.15) is 11.7 Å². The predicted molar refractivity (Wildman–Crippen MR) is 112 cm³/mol. The van der Waals surface area contributed by atoms with Gasteiger partial charge in [0.05, 0.1) is 0 Å². The number of hydrogen-bond donors (Lipinski definition) is 0. The first kappa shape index (κ1) is 17.6. The number of fused-ring (bicyclic) bond motifs is 1. The molecule has 27 heavy (non-hydrogen) atoms. The van der Waals surface area contributed by atoms with Crippen LogP contribution in [-0.2, 0) is 0 Å². The van der Waals surface area contributed by atoms with Crippen LogP contribution in [0.5, 0.6) is 5.75 Å². The van der Waals surface area contributed by atoms with E-state index in [-0.39, 0.29) is 20.9 Å². The molecule has 134 valence electrons. The van der Waals surface area contributed by atoms with Gasteiger partial charge in [0.2, 0.25) is 0 Å². The van der Waals surface area contributed by atoms with Crippen LogP contribution in [0.15, 0.2) is 78.9 Å². The van der Waals surface area contributed by atoms with E-state index in [2.05, 4.69) is 42.5 Å². The maximum absolute atomic E-state index is 12.6. The molecule has 0 aliphatic rings. The normalized spacial score (nSPS) is 10.9. The third-order valence-corrected chi connectivity index (χ3v) is 6.82. The molecule has 0 aliphatic carbocycles. The number of benzene rings is 3. The monoisotopic (exact) mass is 421 g/mol. The Balaban J connectivity index is 2.05. The van der Waals surface area contributed by atoms with E-state index >= 15 is 0 Å². The fraction of sp³-hybridized carbons (Fsp3) is 0.0870. The van der Waals surface area contributed by atoms with Gasteiger partial charge in [-0.3, -0.25) is 0 Å². The molecule has 0 radical (unpaired) electrons. The summed E-state index contributed by atoms with van der Waals surface area (Å²) in [5.74, 6) is 0.753. The van der Waals surface area contributed by atoms with Crippen LogP contribution in [0.25, 0.3) is 22.2 Å². The van der Waals surface area contributed by atoms with Gasteiger partial charge >= 0.3 is 165 Å². The molecular weight excluding hydrogens is 401 g/mol. The molecule has 0 fully saturated rings. The molecule has 0 amide bonds. The van der Waals surface area contributed by atoms with Crippen LogP contribution in [0.4, 0.5) is 0 Å². The number of ether oxygens (including phenoxy) is 1. The van der Waals surface area contributed by atoms with Crippen LogP contribution in [0.3, 0.4) is 0 Å². The summed E-state index contributed by atoms with van der Waals surface area (Å²) in [6, 6.07) is 26.6. The van der Waals surface area contributed by atoms with Gasteiger partial charge in [-0.15, -0.1) is 0 Å². The molecular formula is C23H19NO2Se. The predicted octanol–water partition coefficient (Wildman–Crippen LogP) is 3.63. The van der Waals surface area contributed by atoms with Gasteiger partial charge in [-0.2, -0.15) is 0 Å². The van der Waals surface area contributed by atoms with Crippen molar-refractivity contribution in [1.29, 1.82) is 0 Å². The molecule has 0 aliphatic heterocycles. The minimum absolute atomic E-state index is 0.00205. The van der Waals surface area contributed by atoms with Crippen molar-refractivity contribution in [2.24, 2.45) is 0 Å². The Kier molecular flexibility index (Phi) is 4.84. The van der Waals surface area contributed by atoms with E-state index in [1.54, 1.807) is 14.0 Å². The topological polar surface area (TPSA) is 31.2 Å². The van der Waals surface area contributed by atoms with Crippen molar-refractivity contribution < 1.29 is 9.53 Å².